The van der Waals surface area contributed by atoms with E-state index in [-0.39, 0.29) is 16.8 Å². The SMILES string of the molecule is N#C/C(=C(/N)c1cccc(F)c1F)c1ccncc1. The van der Waals surface area contributed by atoms with Gasteiger partial charge in [-0.1, -0.05) is 6.07 Å². The van der Waals surface area contributed by atoms with E-state index in [0.29, 0.717) is 5.56 Å². The molecule has 94 valence electrons. The average Bonchev–Trinajstić information content (AvgIpc) is 2.44. The fraction of sp³-hybridized carbons (Fsp3) is 0. The van der Waals surface area contributed by atoms with E-state index in [4.69, 9.17) is 11.0 Å². The van der Waals surface area contributed by atoms with Gasteiger partial charge in [0.05, 0.1) is 11.3 Å². The summed E-state index contributed by atoms with van der Waals surface area (Å²) in [5, 5.41) is 9.15. The van der Waals surface area contributed by atoms with Crippen LogP contribution in [0.2, 0.25) is 0 Å². The van der Waals surface area contributed by atoms with Gasteiger partial charge in [-0.3, -0.25) is 4.98 Å². The smallest absolute Gasteiger partial charge is 0.168 e. The maximum atomic E-state index is 13.7. The first-order valence-corrected chi connectivity index (χ1v) is 5.39. The molecule has 0 saturated heterocycles. The fourth-order valence-corrected chi connectivity index (χ4v) is 1.65. The van der Waals surface area contributed by atoms with Crippen LogP contribution in [0.5, 0.6) is 0 Å². The third kappa shape index (κ3) is 2.43. The van der Waals surface area contributed by atoms with Gasteiger partial charge in [0.25, 0.3) is 0 Å². The summed E-state index contributed by atoms with van der Waals surface area (Å²) in [6.45, 7) is 0. The molecule has 0 fully saturated rings. The summed E-state index contributed by atoms with van der Waals surface area (Å²) >= 11 is 0. The molecule has 5 heteroatoms. The van der Waals surface area contributed by atoms with Gasteiger partial charge in [0.15, 0.2) is 11.6 Å². The molecule has 2 N–H and O–H groups in total. The summed E-state index contributed by atoms with van der Waals surface area (Å²) in [4.78, 5) is 3.82. The van der Waals surface area contributed by atoms with Gasteiger partial charge in [0, 0.05) is 18.0 Å². The van der Waals surface area contributed by atoms with Crippen LogP contribution in [0, 0.1) is 23.0 Å². The van der Waals surface area contributed by atoms with E-state index < -0.39 is 11.6 Å². The van der Waals surface area contributed by atoms with Crippen molar-refractivity contribution in [2.45, 2.75) is 0 Å². The van der Waals surface area contributed by atoms with Crippen molar-refractivity contribution in [3.05, 3.63) is 65.5 Å². The summed E-state index contributed by atoms with van der Waals surface area (Å²) in [6, 6.07) is 8.70. The van der Waals surface area contributed by atoms with Gasteiger partial charge in [-0.25, -0.2) is 8.78 Å². The molecule has 0 unspecified atom stereocenters. The zero-order chi connectivity index (χ0) is 13.8. The maximum Gasteiger partial charge on any atom is 0.168 e. The lowest BCUT2D eigenvalue weighted by molar-refractivity contribution is 0.506. The van der Waals surface area contributed by atoms with Crippen molar-refractivity contribution in [2.75, 3.05) is 0 Å². The second-order valence-corrected chi connectivity index (χ2v) is 3.74. The third-order valence-electron chi connectivity index (χ3n) is 2.59. The Labute approximate surface area is 108 Å². The molecule has 1 aromatic carbocycles. The molecule has 1 aromatic heterocycles. The van der Waals surface area contributed by atoms with Gasteiger partial charge in [-0.15, -0.1) is 0 Å². The molecule has 3 nitrogen and oxygen atoms in total. The molecule has 0 radical (unpaired) electrons. The highest BCUT2D eigenvalue weighted by Gasteiger charge is 2.14. The Hall–Kier alpha value is -2.74. The number of benzene rings is 1. The molecule has 0 spiro atoms. The zero-order valence-corrected chi connectivity index (χ0v) is 9.77. The van der Waals surface area contributed by atoms with Gasteiger partial charge in [-0.2, -0.15) is 5.26 Å². The van der Waals surface area contributed by atoms with Crippen LogP contribution in [-0.4, -0.2) is 4.98 Å². The van der Waals surface area contributed by atoms with Crippen LogP contribution in [-0.2, 0) is 0 Å². The number of pyridine rings is 1. The molecular weight excluding hydrogens is 248 g/mol. The predicted molar refractivity (Wildman–Crippen MR) is 67.2 cm³/mol. The lowest BCUT2D eigenvalue weighted by Gasteiger charge is -2.07. The van der Waals surface area contributed by atoms with E-state index in [1.807, 2.05) is 6.07 Å². The van der Waals surface area contributed by atoms with Gasteiger partial charge < -0.3 is 5.73 Å². The Kier molecular flexibility index (Phi) is 3.53. The number of hydrogen-bond acceptors (Lipinski definition) is 3. The standard InChI is InChI=1S/C14H9F2N3/c15-12-3-1-2-10(13(12)16)14(18)11(8-17)9-4-6-19-7-5-9/h1-7H,18H2/b14-11-. The number of nitrogens with two attached hydrogens (primary N) is 1. The van der Waals surface area contributed by atoms with Crippen LogP contribution >= 0.6 is 0 Å². The highest BCUT2D eigenvalue weighted by atomic mass is 19.2. The van der Waals surface area contributed by atoms with Crippen LogP contribution < -0.4 is 5.73 Å². The molecule has 0 aliphatic carbocycles. The molecular formula is C14H9F2N3. The molecule has 0 aliphatic rings. The first-order valence-electron chi connectivity index (χ1n) is 5.39. The van der Waals surface area contributed by atoms with E-state index in [1.54, 1.807) is 12.1 Å². The minimum Gasteiger partial charge on any atom is -0.397 e. The largest absolute Gasteiger partial charge is 0.397 e. The van der Waals surface area contributed by atoms with Crippen LogP contribution in [0.4, 0.5) is 8.78 Å². The second-order valence-electron chi connectivity index (χ2n) is 3.74. The number of halogens is 2. The Morgan fingerprint density at radius 2 is 1.84 bits per heavy atom. The predicted octanol–water partition coefficient (Wildman–Crippen LogP) is 2.71. The van der Waals surface area contributed by atoms with E-state index >= 15 is 0 Å². The highest BCUT2D eigenvalue weighted by Crippen LogP contribution is 2.24. The fourth-order valence-electron chi connectivity index (χ4n) is 1.65. The van der Waals surface area contributed by atoms with E-state index in [0.717, 1.165) is 6.07 Å². The van der Waals surface area contributed by atoms with E-state index in [2.05, 4.69) is 4.98 Å². The molecule has 1 heterocycles. The first kappa shape index (κ1) is 12.7. The molecule has 2 rings (SSSR count). The Balaban J connectivity index is 2.63. The average molecular weight is 257 g/mol. The second kappa shape index (κ2) is 5.27. The maximum absolute atomic E-state index is 13.7. The van der Waals surface area contributed by atoms with Gasteiger partial charge in [-0.05, 0) is 29.8 Å². The van der Waals surface area contributed by atoms with Crippen molar-refractivity contribution in [3.8, 4) is 6.07 Å². The highest BCUT2D eigenvalue weighted by molar-refractivity contribution is 5.95. The van der Waals surface area contributed by atoms with Gasteiger partial charge in [0.1, 0.15) is 6.07 Å². The Bertz CT molecular complexity index is 673. The summed E-state index contributed by atoms with van der Waals surface area (Å²) in [7, 11) is 0. The van der Waals surface area contributed by atoms with E-state index in [1.165, 1.54) is 24.5 Å². The van der Waals surface area contributed by atoms with Crippen LogP contribution in [0.3, 0.4) is 0 Å². The molecule has 0 aliphatic heterocycles. The van der Waals surface area contributed by atoms with Crippen molar-refractivity contribution >= 4 is 11.3 Å². The topological polar surface area (TPSA) is 62.7 Å². The molecule has 2 aromatic rings. The molecule has 0 saturated carbocycles. The first-order chi connectivity index (χ1) is 9.15. The van der Waals surface area contributed by atoms with E-state index in [9.17, 15) is 8.78 Å². The summed E-state index contributed by atoms with van der Waals surface area (Å²) in [5.41, 5.74) is 6.12. The number of nitrogens with zero attached hydrogens (tertiary/aromatic N) is 2. The van der Waals surface area contributed by atoms with Crippen molar-refractivity contribution in [1.82, 2.24) is 4.98 Å². The van der Waals surface area contributed by atoms with Gasteiger partial charge >= 0.3 is 0 Å². The Morgan fingerprint density at radius 3 is 2.47 bits per heavy atom. The Morgan fingerprint density at radius 1 is 1.16 bits per heavy atom. The van der Waals surface area contributed by atoms with Crippen LogP contribution in [0.25, 0.3) is 11.3 Å². The number of hydrogen-bond donors (Lipinski definition) is 1. The summed E-state index contributed by atoms with van der Waals surface area (Å²) in [5.74, 6) is -2.07. The zero-order valence-electron chi connectivity index (χ0n) is 9.77. The van der Waals surface area contributed by atoms with Crippen molar-refractivity contribution < 1.29 is 8.78 Å². The van der Waals surface area contributed by atoms with Gasteiger partial charge in [0.2, 0.25) is 0 Å². The third-order valence-corrected chi connectivity index (χ3v) is 2.59. The molecule has 0 atom stereocenters. The lowest BCUT2D eigenvalue weighted by atomic mass is 10.0. The number of rotatable bonds is 2. The van der Waals surface area contributed by atoms with Crippen molar-refractivity contribution in [3.63, 3.8) is 0 Å². The summed E-state index contributed by atoms with van der Waals surface area (Å²) < 4.78 is 26.8. The monoisotopic (exact) mass is 257 g/mol. The normalized spacial score (nSPS) is 11.6. The molecule has 0 amide bonds. The van der Waals surface area contributed by atoms with Crippen LogP contribution in [0.15, 0.2) is 42.7 Å². The van der Waals surface area contributed by atoms with Crippen LogP contribution in [0.1, 0.15) is 11.1 Å². The molecule has 19 heavy (non-hydrogen) atoms. The lowest BCUT2D eigenvalue weighted by Crippen LogP contribution is -2.04. The quantitative estimate of drug-likeness (QED) is 0.841. The minimum absolute atomic E-state index is 0.0758. The number of nitriles is 1. The number of allylic oxidation sites excluding steroid dienone is 1. The number of aromatic nitrogens is 1. The van der Waals surface area contributed by atoms with Crippen molar-refractivity contribution in [1.29, 1.82) is 5.26 Å². The summed E-state index contributed by atoms with van der Waals surface area (Å²) in [6.07, 6.45) is 2.98. The van der Waals surface area contributed by atoms with Crippen molar-refractivity contribution in [2.24, 2.45) is 5.73 Å². The molecule has 0 bridgehead atoms. The minimum atomic E-state index is -1.07.